The maximum Gasteiger partial charge on any atom is 0.221 e. The highest BCUT2D eigenvalue weighted by Gasteiger charge is 2.50. The SMILES string of the molecule is Cc1nnc(C2CN(CCc3ccccc3)CC23CCN(CCOc2ccccc2)CC3)o1. The van der Waals surface area contributed by atoms with E-state index >= 15 is 0 Å². The molecule has 6 heteroatoms. The molecule has 174 valence electrons. The van der Waals surface area contributed by atoms with E-state index in [1.54, 1.807) is 0 Å². The Morgan fingerprint density at radius 1 is 0.939 bits per heavy atom. The zero-order valence-corrected chi connectivity index (χ0v) is 19.5. The molecule has 2 aromatic carbocycles. The van der Waals surface area contributed by atoms with Crippen LogP contribution in [-0.4, -0.2) is 65.9 Å². The van der Waals surface area contributed by atoms with Gasteiger partial charge in [-0.3, -0.25) is 4.90 Å². The van der Waals surface area contributed by atoms with Gasteiger partial charge >= 0.3 is 0 Å². The Morgan fingerprint density at radius 2 is 1.67 bits per heavy atom. The van der Waals surface area contributed by atoms with Gasteiger partial charge in [0, 0.05) is 33.1 Å². The first kappa shape index (κ1) is 22.1. The van der Waals surface area contributed by atoms with Crippen LogP contribution in [0.2, 0.25) is 0 Å². The third-order valence-electron chi connectivity index (χ3n) is 7.39. The molecule has 1 unspecified atom stereocenters. The Morgan fingerprint density at radius 3 is 2.36 bits per heavy atom. The summed E-state index contributed by atoms with van der Waals surface area (Å²) in [5.74, 6) is 2.76. The number of ether oxygens (including phenoxy) is 1. The molecule has 1 aromatic heterocycles. The van der Waals surface area contributed by atoms with Crippen molar-refractivity contribution in [1.29, 1.82) is 0 Å². The minimum atomic E-state index is 0.215. The van der Waals surface area contributed by atoms with E-state index in [-0.39, 0.29) is 5.41 Å². The van der Waals surface area contributed by atoms with Crippen molar-refractivity contribution in [3.05, 3.63) is 78.0 Å². The molecular weight excluding hydrogens is 412 g/mol. The zero-order chi connectivity index (χ0) is 22.5. The number of rotatable bonds is 8. The highest BCUT2D eigenvalue weighted by atomic mass is 16.5. The predicted octanol–water partition coefficient (Wildman–Crippen LogP) is 4.18. The minimum Gasteiger partial charge on any atom is -0.492 e. The second kappa shape index (κ2) is 10.1. The quantitative estimate of drug-likeness (QED) is 0.517. The third kappa shape index (κ3) is 5.28. The standard InChI is InChI=1S/C27H34N4O2/c1-22-28-29-26(33-22)25-20-31(15-12-23-8-4-2-5-9-23)21-27(25)13-16-30(17-14-27)18-19-32-24-10-6-3-7-11-24/h2-11,25H,12-21H2,1H3. The molecule has 2 aliphatic heterocycles. The topological polar surface area (TPSA) is 54.6 Å². The van der Waals surface area contributed by atoms with Gasteiger partial charge in [-0.2, -0.15) is 0 Å². The van der Waals surface area contributed by atoms with Crippen LogP contribution in [0.5, 0.6) is 5.75 Å². The molecule has 3 heterocycles. The normalized spacial score (nSPS) is 20.9. The summed E-state index contributed by atoms with van der Waals surface area (Å²) in [7, 11) is 0. The van der Waals surface area contributed by atoms with Crippen molar-refractivity contribution >= 4 is 0 Å². The molecule has 0 saturated carbocycles. The van der Waals surface area contributed by atoms with Gasteiger partial charge in [0.15, 0.2) is 0 Å². The van der Waals surface area contributed by atoms with Crippen molar-refractivity contribution in [1.82, 2.24) is 20.0 Å². The van der Waals surface area contributed by atoms with E-state index in [0.29, 0.717) is 11.8 Å². The lowest BCUT2D eigenvalue weighted by Gasteiger charge is -2.41. The van der Waals surface area contributed by atoms with Gasteiger partial charge in [-0.25, -0.2) is 0 Å². The molecule has 2 fully saturated rings. The number of aromatic nitrogens is 2. The molecule has 0 radical (unpaired) electrons. The number of piperidine rings is 1. The van der Waals surface area contributed by atoms with Crippen molar-refractivity contribution in [2.45, 2.75) is 32.1 Å². The number of aryl methyl sites for hydroxylation is 1. The molecule has 6 nitrogen and oxygen atoms in total. The van der Waals surface area contributed by atoms with Crippen molar-refractivity contribution < 1.29 is 9.15 Å². The minimum absolute atomic E-state index is 0.215. The largest absolute Gasteiger partial charge is 0.492 e. The molecule has 0 bridgehead atoms. The molecule has 3 aromatic rings. The van der Waals surface area contributed by atoms with Gasteiger partial charge in [-0.15, -0.1) is 10.2 Å². The predicted molar refractivity (Wildman–Crippen MR) is 128 cm³/mol. The maximum absolute atomic E-state index is 5.96. The number of benzene rings is 2. The Bertz CT molecular complexity index is 999. The summed E-state index contributed by atoms with van der Waals surface area (Å²) >= 11 is 0. The summed E-state index contributed by atoms with van der Waals surface area (Å²) < 4.78 is 11.9. The number of para-hydroxylation sites is 1. The highest BCUT2D eigenvalue weighted by Crippen LogP contribution is 2.49. The first-order valence-corrected chi connectivity index (χ1v) is 12.2. The van der Waals surface area contributed by atoms with Gasteiger partial charge in [0.25, 0.3) is 0 Å². The Hall–Kier alpha value is -2.70. The molecule has 1 spiro atoms. The lowest BCUT2D eigenvalue weighted by atomic mass is 9.70. The lowest BCUT2D eigenvalue weighted by Crippen LogP contribution is -2.45. The van der Waals surface area contributed by atoms with Crippen LogP contribution in [0, 0.1) is 12.3 Å². The average Bonchev–Trinajstić information content (AvgIpc) is 3.44. The van der Waals surface area contributed by atoms with Crippen molar-refractivity contribution in [3.63, 3.8) is 0 Å². The van der Waals surface area contributed by atoms with E-state index < -0.39 is 0 Å². The molecule has 0 N–H and O–H groups in total. The monoisotopic (exact) mass is 446 g/mol. The number of hydrogen-bond acceptors (Lipinski definition) is 6. The summed E-state index contributed by atoms with van der Waals surface area (Å²) in [4.78, 5) is 5.16. The average molecular weight is 447 g/mol. The van der Waals surface area contributed by atoms with Gasteiger partial charge in [-0.1, -0.05) is 48.5 Å². The van der Waals surface area contributed by atoms with Gasteiger partial charge < -0.3 is 14.1 Å². The number of hydrogen-bond donors (Lipinski definition) is 0. The van der Waals surface area contributed by atoms with Crippen molar-refractivity contribution in [2.24, 2.45) is 5.41 Å². The fraction of sp³-hybridized carbons (Fsp3) is 0.481. The van der Waals surface area contributed by atoms with Crippen molar-refractivity contribution in [3.8, 4) is 5.75 Å². The first-order chi connectivity index (χ1) is 16.2. The lowest BCUT2D eigenvalue weighted by molar-refractivity contribution is 0.0806. The molecule has 0 aliphatic carbocycles. The number of nitrogens with zero attached hydrogens (tertiary/aromatic N) is 4. The van der Waals surface area contributed by atoms with Crippen LogP contribution in [0.15, 0.2) is 65.1 Å². The van der Waals surface area contributed by atoms with Crippen molar-refractivity contribution in [2.75, 3.05) is 45.9 Å². The van der Waals surface area contributed by atoms with Gasteiger partial charge in [0.1, 0.15) is 12.4 Å². The molecule has 0 amide bonds. The van der Waals surface area contributed by atoms with Crippen LogP contribution in [0.3, 0.4) is 0 Å². The van der Waals surface area contributed by atoms with E-state index in [1.807, 2.05) is 37.3 Å². The summed E-state index contributed by atoms with van der Waals surface area (Å²) in [6.45, 7) is 8.96. The Labute approximate surface area is 196 Å². The Balaban J connectivity index is 1.20. The van der Waals surface area contributed by atoms with Crippen LogP contribution >= 0.6 is 0 Å². The molecular formula is C27H34N4O2. The number of likely N-dealkylation sites (tertiary alicyclic amines) is 2. The van der Waals surface area contributed by atoms with Crippen LogP contribution in [-0.2, 0) is 6.42 Å². The first-order valence-electron chi connectivity index (χ1n) is 12.2. The zero-order valence-electron chi connectivity index (χ0n) is 19.5. The maximum atomic E-state index is 5.96. The van der Waals surface area contributed by atoms with Crippen LogP contribution in [0.25, 0.3) is 0 Å². The molecule has 2 saturated heterocycles. The molecule has 5 rings (SSSR count). The fourth-order valence-corrected chi connectivity index (χ4v) is 5.50. The van der Waals surface area contributed by atoms with E-state index in [0.717, 1.165) is 76.8 Å². The summed E-state index contributed by atoms with van der Waals surface area (Å²) in [5.41, 5.74) is 1.61. The van der Waals surface area contributed by atoms with Crippen LogP contribution in [0.4, 0.5) is 0 Å². The smallest absolute Gasteiger partial charge is 0.221 e. The van der Waals surface area contributed by atoms with E-state index in [9.17, 15) is 0 Å². The van der Waals surface area contributed by atoms with Crippen LogP contribution < -0.4 is 4.74 Å². The van der Waals surface area contributed by atoms with Gasteiger partial charge in [0.05, 0.1) is 5.92 Å². The summed E-state index contributed by atoms with van der Waals surface area (Å²) in [5, 5.41) is 8.61. The molecule has 2 aliphatic rings. The second-order valence-electron chi connectivity index (χ2n) is 9.55. The van der Waals surface area contributed by atoms with E-state index in [4.69, 9.17) is 9.15 Å². The molecule has 1 atom stereocenters. The summed E-state index contributed by atoms with van der Waals surface area (Å²) in [6, 6.07) is 20.9. The second-order valence-corrected chi connectivity index (χ2v) is 9.55. The van der Waals surface area contributed by atoms with Crippen LogP contribution in [0.1, 0.15) is 36.1 Å². The fourth-order valence-electron chi connectivity index (χ4n) is 5.50. The van der Waals surface area contributed by atoms with E-state index in [1.165, 1.54) is 5.56 Å². The highest BCUT2D eigenvalue weighted by molar-refractivity contribution is 5.21. The third-order valence-corrected chi connectivity index (χ3v) is 7.39. The van der Waals surface area contributed by atoms with E-state index in [2.05, 4.69) is 50.3 Å². The molecule has 33 heavy (non-hydrogen) atoms. The van der Waals surface area contributed by atoms with Gasteiger partial charge in [-0.05, 0) is 55.5 Å². The van der Waals surface area contributed by atoms with Gasteiger partial charge in [0.2, 0.25) is 11.8 Å². The summed E-state index contributed by atoms with van der Waals surface area (Å²) in [6.07, 6.45) is 3.40. The Kier molecular flexibility index (Phi) is 6.74.